The molecule has 0 aliphatic carbocycles. The van der Waals surface area contributed by atoms with Gasteiger partial charge in [0.15, 0.2) is 5.82 Å². The maximum Gasteiger partial charge on any atom is 0.287 e. The van der Waals surface area contributed by atoms with E-state index in [0.717, 1.165) is 0 Å². The molecule has 0 aromatic carbocycles. The van der Waals surface area contributed by atoms with Crippen LogP contribution in [0.15, 0.2) is 23.3 Å². The Morgan fingerprint density at radius 1 is 1.47 bits per heavy atom. The summed E-state index contributed by atoms with van der Waals surface area (Å²) in [4.78, 5) is 12.0. The molecule has 0 bridgehead atoms. The molecule has 0 amide bonds. The van der Waals surface area contributed by atoms with Crippen molar-refractivity contribution in [2.24, 2.45) is 13.0 Å². The number of nitrogens with zero attached hydrogens (tertiary/aromatic N) is 4. The van der Waals surface area contributed by atoms with E-state index >= 15 is 0 Å². The van der Waals surface area contributed by atoms with Crippen molar-refractivity contribution in [3.8, 4) is 0 Å². The average Bonchev–Trinajstić information content (AvgIpc) is 2.74. The maximum atomic E-state index is 12.0. The van der Waals surface area contributed by atoms with E-state index in [2.05, 4.69) is 15.5 Å². The van der Waals surface area contributed by atoms with E-state index in [1.165, 1.54) is 4.68 Å². The minimum absolute atomic E-state index is 0.126. The Balaban J connectivity index is 2.28. The largest absolute Gasteiger partial charge is 0.336 e. The third kappa shape index (κ3) is 3.14. The number of halogens is 1. The fourth-order valence-electron chi connectivity index (χ4n) is 1.65. The number of rotatable bonds is 4. The van der Waals surface area contributed by atoms with Gasteiger partial charge in [-0.05, 0) is 5.92 Å². The van der Waals surface area contributed by atoms with Crippen LogP contribution in [0.25, 0.3) is 0 Å². The van der Waals surface area contributed by atoms with Crippen molar-refractivity contribution < 1.29 is 0 Å². The molecule has 0 fully saturated rings. The number of hydrogen-bond donors (Lipinski definition) is 1. The summed E-state index contributed by atoms with van der Waals surface area (Å²) in [5.74, 6) is 0.947. The topological polar surface area (TPSA) is 64.7 Å². The van der Waals surface area contributed by atoms with Gasteiger partial charge >= 0.3 is 0 Å². The maximum absolute atomic E-state index is 12.0. The SMILES string of the molecule is CC(C)Cn1ncc(Nc2ccn(C)n2)c(Cl)c1=O. The van der Waals surface area contributed by atoms with Crippen molar-refractivity contribution in [3.05, 3.63) is 33.8 Å². The van der Waals surface area contributed by atoms with Gasteiger partial charge in [0.25, 0.3) is 5.56 Å². The third-order valence-corrected chi connectivity index (χ3v) is 2.86. The number of anilines is 2. The van der Waals surface area contributed by atoms with E-state index in [9.17, 15) is 4.79 Å². The Morgan fingerprint density at radius 3 is 2.79 bits per heavy atom. The zero-order chi connectivity index (χ0) is 14.0. The van der Waals surface area contributed by atoms with Crippen LogP contribution in [-0.4, -0.2) is 19.6 Å². The molecule has 0 spiro atoms. The van der Waals surface area contributed by atoms with Gasteiger partial charge in [0, 0.05) is 25.9 Å². The summed E-state index contributed by atoms with van der Waals surface area (Å²) < 4.78 is 3.03. The first-order valence-corrected chi connectivity index (χ1v) is 6.37. The van der Waals surface area contributed by atoms with Gasteiger partial charge in [0.05, 0.1) is 11.9 Å². The first-order valence-electron chi connectivity index (χ1n) is 5.99. The van der Waals surface area contributed by atoms with Crippen LogP contribution in [0.1, 0.15) is 13.8 Å². The Kier molecular flexibility index (Phi) is 3.90. The smallest absolute Gasteiger partial charge is 0.287 e. The van der Waals surface area contributed by atoms with Crippen LogP contribution in [0.5, 0.6) is 0 Å². The molecule has 2 rings (SSSR count). The summed E-state index contributed by atoms with van der Waals surface area (Å²) in [7, 11) is 1.81. The lowest BCUT2D eigenvalue weighted by atomic mass is 10.2. The van der Waals surface area contributed by atoms with Crippen molar-refractivity contribution in [1.29, 1.82) is 0 Å². The Morgan fingerprint density at radius 2 is 2.21 bits per heavy atom. The summed E-state index contributed by atoms with van der Waals surface area (Å²) in [6.07, 6.45) is 3.34. The predicted molar refractivity (Wildman–Crippen MR) is 74.8 cm³/mol. The second kappa shape index (κ2) is 5.44. The van der Waals surface area contributed by atoms with Gasteiger partial charge in [-0.2, -0.15) is 10.2 Å². The van der Waals surface area contributed by atoms with Gasteiger partial charge in [0.1, 0.15) is 5.02 Å². The first kappa shape index (κ1) is 13.6. The van der Waals surface area contributed by atoms with Crippen LogP contribution in [0.3, 0.4) is 0 Å². The van der Waals surface area contributed by atoms with Crippen LogP contribution < -0.4 is 10.9 Å². The molecule has 0 saturated carbocycles. The molecule has 19 heavy (non-hydrogen) atoms. The number of hydrogen-bond acceptors (Lipinski definition) is 4. The fraction of sp³-hybridized carbons (Fsp3) is 0.417. The van der Waals surface area contributed by atoms with E-state index in [4.69, 9.17) is 11.6 Å². The highest BCUT2D eigenvalue weighted by atomic mass is 35.5. The molecule has 2 aromatic rings. The van der Waals surface area contributed by atoms with Gasteiger partial charge in [-0.1, -0.05) is 25.4 Å². The highest BCUT2D eigenvalue weighted by Crippen LogP contribution is 2.19. The summed E-state index contributed by atoms with van der Waals surface area (Å²) in [6.45, 7) is 4.58. The van der Waals surface area contributed by atoms with Crippen LogP contribution in [-0.2, 0) is 13.6 Å². The number of aryl methyl sites for hydroxylation is 1. The van der Waals surface area contributed by atoms with Crippen molar-refractivity contribution in [1.82, 2.24) is 19.6 Å². The molecule has 2 aromatic heterocycles. The quantitative estimate of drug-likeness (QED) is 0.931. The zero-order valence-electron chi connectivity index (χ0n) is 11.1. The van der Waals surface area contributed by atoms with Crippen LogP contribution in [0.4, 0.5) is 11.5 Å². The molecule has 0 saturated heterocycles. The first-order chi connectivity index (χ1) is 8.97. The average molecular weight is 282 g/mol. The highest BCUT2D eigenvalue weighted by molar-refractivity contribution is 6.33. The molecule has 0 radical (unpaired) electrons. The summed E-state index contributed by atoms with van der Waals surface area (Å²) in [5, 5.41) is 11.4. The van der Waals surface area contributed by atoms with E-state index in [1.807, 2.05) is 20.9 Å². The van der Waals surface area contributed by atoms with Crippen LogP contribution >= 0.6 is 11.6 Å². The van der Waals surface area contributed by atoms with Crippen LogP contribution in [0.2, 0.25) is 5.02 Å². The fourth-order valence-corrected chi connectivity index (χ4v) is 1.84. The minimum Gasteiger partial charge on any atom is -0.336 e. The molecule has 2 heterocycles. The molecule has 0 atom stereocenters. The molecule has 0 aliphatic rings. The summed E-state index contributed by atoms with van der Waals surface area (Å²) in [5.41, 5.74) is 0.168. The molecular formula is C12H16ClN5O. The van der Waals surface area contributed by atoms with E-state index < -0.39 is 0 Å². The lowest BCUT2D eigenvalue weighted by molar-refractivity contribution is 0.464. The normalized spacial score (nSPS) is 11.0. The molecular weight excluding hydrogens is 266 g/mol. The molecule has 102 valence electrons. The van der Waals surface area contributed by atoms with Gasteiger partial charge in [-0.3, -0.25) is 9.48 Å². The van der Waals surface area contributed by atoms with Crippen molar-refractivity contribution in [2.75, 3.05) is 5.32 Å². The van der Waals surface area contributed by atoms with Gasteiger partial charge in [-0.15, -0.1) is 0 Å². The van der Waals surface area contributed by atoms with Crippen molar-refractivity contribution >= 4 is 23.1 Å². The minimum atomic E-state index is -0.295. The molecule has 1 N–H and O–H groups in total. The van der Waals surface area contributed by atoms with Crippen LogP contribution in [0, 0.1) is 5.92 Å². The monoisotopic (exact) mass is 281 g/mol. The van der Waals surface area contributed by atoms with Crippen molar-refractivity contribution in [2.45, 2.75) is 20.4 Å². The highest BCUT2D eigenvalue weighted by Gasteiger charge is 2.11. The molecule has 0 aliphatic heterocycles. The third-order valence-electron chi connectivity index (χ3n) is 2.50. The lowest BCUT2D eigenvalue weighted by Crippen LogP contribution is -2.25. The number of nitrogens with one attached hydrogen (secondary N) is 1. The molecule has 0 unspecified atom stereocenters. The standard InChI is InChI=1S/C12H16ClN5O/c1-8(2)7-18-12(19)11(13)9(6-14-18)15-10-4-5-17(3)16-10/h4-6,8H,7H2,1-3H3,(H,15,16). The zero-order valence-corrected chi connectivity index (χ0v) is 11.8. The summed E-state index contributed by atoms with van der Waals surface area (Å²) >= 11 is 6.07. The molecule has 6 nitrogen and oxygen atoms in total. The van der Waals surface area contributed by atoms with E-state index in [1.54, 1.807) is 23.1 Å². The number of aromatic nitrogens is 4. The second-order valence-electron chi connectivity index (χ2n) is 4.75. The Hall–Kier alpha value is -1.82. The van der Waals surface area contributed by atoms with E-state index in [-0.39, 0.29) is 10.6 Å². The Labute approximate surface area is 116 Å². The van der Waals surface area contributed by atoms with Gasteiger partial charge in [-0.25, -0.2) is 4.68 Å². The van der Waals surface area contributed by atoms with E-state index in [0.29, 0.717) is 24.0 Å². The van der Waals surface area contributed by atoms with Crippen molar-refractivity contribution in [3.63, 3.8) is 0 Å². The summed E-state index contributed by atoms with van der Waals surface area (Å²) in [6, 6.07) is 1.79. The van der Waals surface area contributed by atoms with Gasteiger partial charge < -0.3 is 5.32 Å². The predicted octanol–water partition coefficient (Wildman–Crippen LogP) is 2.03. The van der Waals surface area contributed by atoms with Gasteiger partial charge in [0.2, 0.25) is 0 Å². The molecule has 7 heteroatoms. The second-order valence-corrected chi connectivity index (χ2v) is 5.13. The Bertz CT molecular complexity index is 631. The lowest BCUT2D eigenvalue weighted by Gasteiger charge is -2.10.